The average Bonchev–Trinajstić information content (AvgIpc) is 3.24. The van der Waals surface area contributed by atoms with Crippen molar-refractivity contribution < 1.29 is 24.2 Å². The van der Waals surface area contributed by atoms with E-state index in [0.717, 1.165) is 30.6 Å². The summed E-state index contributed by atoms with van der Waals surface area (Å²) in [7, 11) is 0. The van der Waals surface area contributed by atoms with E-state index in [1.54, 1.807) is 9.80 Å². The molecule has 4 rings (SSSR count). The van der Waals surface area contributed by atoms with Gasteiger partial charge in [0.25, 0.3) is 0 Å². The lowest BCUT2D eigenvalue weighted by Gasteiger charge is -2.39. The molecule has 180 valence electrons. The van der Waals surface area contributed by atoms with Gasteiger partial charge in [-0.05, 0) is 43.6 Å². The Morgan fingerprint density at radius 1 is 1.06 bits per heavy atom. The van der Waals surface area contributed by atoms with Crippen LogP contribution >= 0.6 is 0 Å². The number of hydrogen-bond acceptors (Lipinski definition) is 5. The van der Waals surface area contributed by atoms with Crippen molar-refractivity contribution in [2.45, 2.75) is 51.7 Å². The highest BCUT2D eigenvalue weighted by atomic mass is 16.5. The number of benzene rings is 1. The number of hydrogen-bond donors (Lipinski definition) is 1. The SMILES string of the molecule is CC(=O)N1CC(=O)N2CC[C@@H](CC(=O)N3CC[C@@H](O)C3)[C@@H](CCCOc3ccccc3C1)C2. The summed E-state index contributed by atoms with van der Waals surface area (Å²) in [4.78, 5) is 43.5. The molecule has 0 saturated carbocycles. The topological polar surface area (TPSA) is 90.4 Å². The number of amides is 3. The van der Waals surface area contributed by atoms with Crippen LogP contribution in [-0.4, -0.2) is 83.0 Å². The number of nitrogens with zero attached hydrogens (tertiary/aromatic N) is 3. The maximum atomic E-state index is 13.1. The molecule has 1 aromatic carbocycles. The standard InChI is InChI=1S/C25H35N3O5/c1-18(29)28-15-21-5-2-3-7-23(21)33-12-4-6-20-14-26(25(32)17-28)10-8-19(20)13-24(31)27-11-9-22(30)16-27/h2-3,5,7,19-20,22,30H,4,6,8-17H2,1H3/t19-,20-,22+/m0/s1. The summed E-state index contributed by atoms with van der Waals surface area (Å²) in [5.74, 6) is 1.09. The Bertz CT molecular complexity index is 875. The predicted octanol–water partition coefficient (Wildman–Crippen LogP) is 1.66. The molecule has 8 nitrogen and oxygen atoms in total. The van der Waals surface area contributed by atoms with Crippen LogP contribution in [0.3, 0.4) is 0 Å². The van der Waals surface area contributed by atoms with Gasteiger partial charge in [0.1, 0.15) is 12.3 Å². The van der Waals surface area contributed by atoms with Crippen molar-refractivity contribution in [3.05, 3.63) is 29.8 Å². The summed E-state index contributed by atoms with van der Waals surface area (Å²) in [6.45, 7) is 4.70. The summed E-state index contributed by atoms with van der Waals surface area (Å²) in [5, 5.41) is 9.77. The van der Waals surface area contributed by atoms with E-state index in [4.69, 9.17) is 4.74 Å². The van der Waals surface area contributed by atoms with Crippen molar-refractivity contribution in [1.82, 2.24) is 14.7 Å². The number of fused-ring (bicyclic) bond motifs is 3. The van der Waals surface area contributed by atoms with Crippen LogP contribution in [0.5, 0.6) is 5.75 Å². The first-order valence-electron chi connectivity index (χ1n) is 12.1. The molecule has 0 unspecified atom stereocenters. The van der Waals surface area contributed by atoms with Gasteiger partial charge in [-0.2, -0.15) is 0 Å². The number of piperidine rings is 1. The molecule has 3 atom stereocenters. The van der Waals surface area contributed by atoms with E-state index >= 15 is 0 Å². The van der Waals surface area contributed by atoms with Crippen LogP contribution in [0.2, 0.25) is 0 Å². The molecule has 0 aliphatic carbocycles. The Balaban J connectivity index is 1.48. The molecule has 0 radical (unpaired) electrons. The van der Waals surface area contributed by atoms with Crippen LogP contribution in [0.1, 0.15) is 44.6 Å². The third-order valence-electron chi connectivity index (χ3n) is 7.28. The highest BCUT2D eigenvalue weighted by molar-refractivity contribution is 5.84. The van der Waals surface area contributed by atoms with Gasteiger partial charge in [-0.1, -0.05) is 18.2 Å². The summed E-state index contributed by atoms with van der Waals surface area (Å²) < 4.78 is 6.06. The minimum absolute atomic E-state index is 0.0414. The van der Waals surface area contributed by atoms with E-state index in [-0.39, 0.29) is 36.1 Å². The molecule has 1 N–H and O–H groups in total. The van der Waals surface area contributed by atoms with Crippen molar-refractivity contribution in [2.24, 2.45) is 11.8 Å². The van der Waals surface area contributed by atoms with Gasteiger partial charge in [0.05, 0.1) is 12.7 Å². The fourth-order valence-corrected chi connectivity index (χ4v) is 5.28. The molecule has 2 saturated heterocycles. The Hall–Kier alpha value is -2.61. The second-order valence-corrected chi connectivity index (χ2v) is 9.61. The van der Waals surface area contributed by atoms with Crippen molar-refractivity contribution in [1.29, 1.82) is 0 Å². The van der Waals surface area contributed by atoms with Crippen LogP contribution in [-0.2, 0) is 20.9 Å². The number of carbonyl (C=O) groups is 3. The van der Waals surface area contributed by atoms with Gasteiger partial charge in [-0.25, -0.2) is 0 Å². The highest BCUT2D eigenvalue weighted by Gasteiger charge is 2.35. The number of aliphatic hydroxyl groups excluding tert-OH is 1. The molecule has 0 aromatic heterocycles. The third kappa shape index (κ3) is 5.85. The van der Waals surface area contributed by atoms with E-state index in [0.29, 0.717) is 52.2 Å². The Morgan fingerprint density at radius 3 is 2.64 bits per heavy atom. The fraction of sp³-hybridized carbons (Fsp3) is 0.640. The van der Waals surface area contributed by atoms with Crippen LogP contribution < -0.4 is 4.74 Å². The van der Waals surface area contributed by atoms with E-state index < -0.39 is 6.10 Å². The molecule has 3 amide bonds. The molecule has 2 fully saturated rings. The molecule has 3 aliphatic heterocycles. The first-order valence-corrected chi connectivity index (χ1v) is 12.1. The minimum atomic E-state index is -0.414. The number of carbonyl (C=O) groups excluding carboxylic acids is 3. The van der Waals surface area contributed by atoms with Crippen molar-refractivity contribution in [3.8, 4) is 5.75 Å². The normalized spacial score (nSPS) is 26.5. The molecule has 3 aliphatic rings. The Labute approximate surface area is 195 Å². The van der Waals surface area contributed by atoms with Gasteiger partial charge in [0.15, 0.2) is 0 Å². The largest absolute Gasteiger partial charge is 0.493 e. The lowest BCUT2D eigenvalue weighted by Crippen LogP contribution is -2.49. The van der Waals surface area contributed by atoms with Gasteiger partial charge >= 0.3 is 0 Å². The zero-order valence-electron chi connectivity index (χ0n) is 19.4. The summed E-state index contributed by atoms with van der Waals surface area (Å²) in [5.41, 5.74) is 0.897. The summed E-state index contributed by atoms with van der Waals surface area (Å²) in [6, 6.07) is 7.67. The molecular formula is C25H35N3O5. The maximum Gasteiger partial charge on any atom is 0.242 e. The minimum Gasteiger partial charge on any atom is -0.493 e. The van der Waals surface area contributed by atoms with Gasteiger partial charge in [0, 0.05) is 51.6 Å². The fourth-order valence-electron chi connectivity index (χ4n) is 5.28. The van der Waals surface area contributed by atoms with Crippen molar-refractivity contribution in [3.63, 3.8) is 0 Å². The van der Waals surface area contributed by atoms with Gasteiger partial charge < -0.3 is 24.5 Å². The lowest BCUT2D eigenvalue weighted by atomic mass is 9.80. The second-order valence-electron chi connectivity index (χ2n) is 9.61. The maximum absolute atomic E-state index is 13.1. The Morgan fingerprint density at radius 2 is 1.88 bits per heavy atom. The highest BCUT2D eigenvalue weighted by Crippen LogP contribution is 2.32. The lowest BCUT2D eigenvalue weighted by molar-refractivity contribution is -0.142. The first-order chi connectivity index (χ1) is 15.9. The van der Waals surface area contributed by atoms with E-state index in [2.05, 4.69) is 0 Å². The van der Waals surface area contributed by atoms with E-state index in [1.165, 1.54) is 6.92 Å². The summed E-state index contributed by atoms with van der Waals surface area (Å²) in [6.07, 6.45) is 3.19. The van der Waals surface area contributed by atoms with Crippen LogP contribution in [0.15, 0.2) is 24.3 Å². The molecule has 3 heterocycles. The molecular weight excluding hydrogens is 422 g/mol. The molecule has 33 heavy (non-hydrogen) atoms. The van der Waals surface area contributed by atoms with Gasteiger partial charge in [-0.15, -0.1) is 0 Å². The zero-order chi connectivity index (χ0) is 23.4. The monoisotopic (exact) mass is 457 g/mol. The van der Waals surface area contributed by atoms with Crippen LogP contribution in [0, 0.1) is 11.8 Å². The molecule has 0 spiro atoms. The number of β-amino-alcohol motifs (C(OH)–C–C–N with tert-alkyl or cyclic N) is 1. The van der Waals surface area contributed by atoms with Gasteiger partial charge in [-0.3, -0.25) is 14.4 Å². The van der Waals surface area contributed by atoms with Crippen LogP contribution in [0.25, 0.3) is 0 Å². The Kier molecular flexibility index (Phi) is 7.53. The quantitative estimate of drug-likeness (QED) is 0.730. The van der Waals surface area contributed by atoms with Crippen molar-refractivity contribution >= 4 is 17.7 Å². The smallest absolute Gasteiger partial charge is 0.242 e. The van der Waals surface area contributed by atoms with E-state index in [1.807, 2.05) is 29.2 Å². The first kappa shape index (κ1) is 23.5. The zero-order valence-corrected chi connectivity index (χ0v) is 19.4. The molecule has 1 aromatic rings. The second kappa shape index (κ2) is 10.5. The van der Waals surface area contributed by atoms with Crippen LogP contribution in [0.4, 0.5) is 0 Å². The predicted molar refractivity (Wildman–Crippen MR) is 122 cm³/mol. The third-order valence-corrected chi connectivity index (χ3v) is 7.28. The molecule has 2 bridgehead atoms. The number of likely N-dealkylation sites (tertiary alicyclic amines) is 1. The summed E-state index contributed by atoms with van der Waals surface area (Å²) >= 11 is 0. The molecule has 8 heteroatoms. The average molecular weight is 458 g/mol. The number of aliphatic hydroxyl groups is 1. The van der Waals surface area contributed by atoms with Crippen molar-refractivity contribution in [2.75, 3.05) is 39.3 Å². The number of ether oxygens (including phenoxy) is 1. The number of para-hydroxylation sites is 1. The van der Waals surface area contributed by atoms with Gasteiger partial charge in [0.2, 0.25) is 17.7 Å². The number of rotatable bonds is 2. The van der Waals surface area contributed by atoms with E-state index in [9.17, 15) is 19.5 Å².